The third-order valence-electron chi connectivity index (χ3n) is 3.42. The van der Waals surface area contributed by atoms with E-state index in [0.717, 1.165) is 16.0 Å². The number of nitrogens with zero attached hydrogens (tertiary/aromatic N) is 1. The number of hydrogen-bond acceptors (Lipinski definition) is 4. The molecule has 112 valence electrons. The zero-order valence-corrected chi connectivity index (χ0v) is 13.0. The van der Waals surface area contributed by atoms with Gasteiger partial charge in [-0.3, -0.25) is 9.19 Å². The van der Waals surface area contributed by atoms with Gasteiger partial charge in [0.05, 0.1) is 6.10 Å². The second-order valence-corrected chi connectivity index (χ2v) is 6.33. The van der Waals surface area contributed by atoms with Crippen molar-refractivity contribution >= 4 is 10.8 Å². The molecule has 2 rings (SSSR count). The first-order valence-electron chi connectivity index (χ1n) is 6.82. The maximum atomic E-state index is 11.4. The number of rotatable bonds is 6. The third-order valence-corrected chi connectivity index (χ3v) is 4.36. The molecule has 1 aromatic heterocycles. The van der Waals surface area contributed by atoms with Gasteiger partial charge >= 0.3 is 0 Å². The van der Waals surface area contributed by atoms with E-state index in [0.29, 0.717) is 6.54 Å². The molecule has 1 heterocycles. The summed E-state index contributed by atoms with van der Waals surface area (Å²) in [6.07, 6.45) is 4.46. The highest BCUT2D eigenvalue weighted by Crippen LogP contribution is 2.16. The molecule has 0 aliphatic rings. The van der Waals surface area contributed by atoms with E-state index in [1.54, 1.807) is 18.6 Å². The Morgan fingerprint density at radius 3 is 2.33 bits per heavy atom. The van der Waals surface area contributed by atoms with Crippen LogP contribution in [0.2, 0.25) is 0 Å². The second-order valence-electron chi connectivity index (χ2n) is 4.95. The van der Waals surface area contributed by atoms with E-state index in [9.17, 15) is 9.32 Å². The Morgan fingerprint density at radius 1 is 1.14 bits per heavy atom. The summed E-state index contributed by atoms with van der Waals surface area (Å²) in [6, 6.07) is 11.4. The van der Waals surface area contributed by atoms with Crippen LogP contribution in [0.3, 0.4) is 0 Å². The van der Waals surface area contributed by atoms with Gasteiger partial charge in [-0.05, 0) is 42.3 Å². The number of aromatic nitrogens is 1. The summed E-state index contributed by atoms with van der Waals surface area (Å²) in [5.74, 6) is 0. The SMILES string of the molecule is CC(NCC(O)c1ccncc1)c1ccc(S(C)=O)cc1. The van der Waals surface area contributed by atoms with Gasteiger partial charge in [-0.15, -0.1) is 0 Å². The smallest absolute Gasteiger partial charge is 0.0915 e. The van der Waals surface area contributed by atoms with Gasteiger partial charge in [0.15, 0.2) is 0 Å². The van der Waals surface area contributed by atoms with Crippen LogP contribution in [0.15, 0.2) is 53.7 Å². The Hall–Kier alpha value is -1.56. The van der Waals surface area contributed by atoms with Crippen LogP contribution in [0.4, 0.5) is 0 Å². The fourth-order valence-corrected chi connectivity index (χ4v) is 2.58. The lowest BCUT2D eigenvalue weighted by Gasteiger charge is -2.18. The summed E-state index contributed by atoms with van der Waals surface area (Å²) in [4.78, 5) is 4.76. The highest BCUT2D eigenvalue weighted by atomic mass is 32.2. The molecule has 0 spiro atoms. The Kier molecular flexibility index (Phi) is 5.61. The van der Waals surface area contributed by atoms with Gasteiger partial charge in [0.2, 0.25) is 0 Å². The lowest BCUT2D eigenvalue weighted by atomic mass is 10.1. The van der Waals surface area contributed by atoms with Crippen LogP contribution in [-0.2, 0) is 10.8 Å². The summed E-state index contributed by atoms with van der Waals surface area (Å²) in [7, 11) is -0.953. The van der Waals surface area contributed by atoms with Gasteiger partial charge in [-0.1, -0.05) is 12.1 Å². The van der Waals surface area contributed by atoms with Crippen molar-refractivity contribution < 1.29 is 9.32 Å². The molecule has 3 atom stereocenters. The van der Waals surface area contributed by atoms with E-state index in [1.165, 1.54) is 0 Å². The van der Waals surface area contributed by atoms with Gasteiger partial charge in [0.1, 0.15) is 0 Å². The average Bonchev–Trinajstić information content (AvgIpc) is 2.53. The predicted octanol–water partition coefficient (Wildman–Crippen LogP) is 2.20. The number of hydrogen-bond donors (Lipinski definition) is 2. The number of aliphatic hydroxyl groups is 1. The van der Waals surface area contributed by atoms with Gasteiger partial charge in [-0.2, -0.15) is 0 Å². The normalized spacial score (nSPS) is 15.4. The quantitative estimate of drug-likeness (QED) is 0.859. The molecule has 0 aliphatic carbocycles. The van der Waals surface area contributed by atoms with Gasteiger partial charge < -0.3 is 10.4 Å². The molecule has 0 fully saturated rings. The van der Waals surface area contributed by atoms with Crippen molar-refractivity contribution in [3.05, 3.63) is 59.9 Å². The molecule has 3 unspecified atom stereocenters. The van der Waals surface area contributed by atoms with E-state index >= 15 is 0 Å². The summed E-state index contributed by atoms with van der Waals surface area (Å²) >= 11 is 0. The number of aliphatic hydroxyl groups excluding tert-OH is 1. The van der Waals surface area contributed by atoms with Gasteiger partial charge in [0.25, 0.3) is 0 Å². The molecule has 5 heteroatoms. The van der Waals surface area contributed by atoms with E-state index in [4.69, 9.17) is 0 Å². The molecule has 4 nitrogen and oxygen atoms in total. The average molecular weight is 304 g/mol. The molecule has 1 aromatic carbocycles. The van der Waals surface area contributed by atoms with Crippen LogP contribution in [0.5, 0.6) is 0 Å². The summed E-state index contributed by atoms with van der Waals surface area (Å²) in [5.41, 5.74) is 1.95. The van der Waals surface area contributed by atoms with Crippen LogP contribution in [0.25, 0.3) is 0 Å². The van der Waals surface area contributed by atoms with Gasteiger partial charge in [0, 0.05) is 46.9 Å². The molecular weight excluding hydrogens is 284 g/mol. The van der Waals surface area contributed by atoms with Crippen molar-refractivity contribution in [1.82, 2.24) is 10.3 Å². The van der Waals surface area contributed by atoms with Crippen molar-refractivity contribution in [2.75, 3.05) is 12.8 Å². The van der Waals surface area contributed by atoms with E-state index in [2.05, 4.69) is 10.3 Å². The van der Waals surface area contributed by atoms with Crippen LogP contribution in [0.1, 0.15) is 30.2 Å². The standard InChI is InChI=1S/C16H20N2O2S/c1-12(13-3-5-15(6-4-13)21(2)20)18-11-16(19)14-7-9-17-10-8-14/h3-10,12,16,18-19H,11H2,1-2H3. The molecule has 0 bridgehead atoms. The van der Waals surface area contributed by atoms with E-state index in [1.807, 2.05) is 43.3 Å². The first kappa shape index (κ1) is 15.8. The molecule has 2 N–H and O–H groups in total. The Balaban J connectivity index is 1.92. The number of pyridine rings is 1. The van der Waals surface area contributed by atoms with Gasteiger partial charge in [-0.25, -0.2) is 0 Å². The molecule has 0 saturated carbocycles. The first-order valence-corrected chi connectivity index (χ1v) is 8.38. The molecule has 0 radical (unpaired) electrons. The summed E-state index contributed by atoms with van der Waals surface area (Å²) in [6.45, 7) is 2.50. The summed E-state index contributed by atoms with van der Waals surface area (Å²) in [5, 5.41) is 13.4. The highest BCUT2D eigenvalue weighted by molar-refractivity contribution is 7.84. The third kappa shape index (κ3) is 4.46. The molecule has 21 heavy (non-hydrogen) atoms. The topological polar surface area (TPSA) is 62.2 Å². The molecule has 0 aliphatic heterocycles. The van der Waals surface area contributed by atoms with Crippen molar-refractivity contribution in [1.29, 1.82) is 0 Å². The van der Waals surface area contributed by atoms with Crippen LogP contribution >= 0.6 is 0 Å². The molecular formula is C16H20N2O2S. The maximum absolute atomic E-state index is 11.4. The van der Waals surface area contributed by atoms with Crippen LogP contribution < -0.4 is 5.32 Å². The lowest BCUT2D eigenvalue weighted by molar-refractivity contribution is 0.170. The highest BCUT2D eigenvalue weighted by Gasteiger charge is 2.10. The zero-order chi connectivity index (χ0) is 15.2. The second kappa shape index (κ2) is 7.45. The predicted molar refractivity (Wildman–Crippen MR) is 84.4 cm³/mol. The lowest BCUT2D eigenvalue weighted by Crippen LogP contribution is -2.24. The van der Waals surface area contributed by atoms with E-state index in [-0.39, 0.29) is 6.04 Å². The summed E-state index contributed by atoms with van der Waals surface area (Å²) < 4.78 is 11.4. The number of benzene rings is 1. The Bertz CT molecular complexity index is 587. The fourth-order valence-electron chi connectivity index (χ4n) is 2.06. The van der Waals surface area contributed by atoms with Crippen LogP contribution in [-0.4, -0.2) is 27.1 Å². The van der Waals surface area contributed by atoms with Crippen LogP contribution in [0, 0.1) is 0 Å². The van der Waals surface area contributed by atoms with E-state index < -0.39 is 16.9 Å². The monoisotopic (exact) mass is 304 g/mol. The largest absolute Gasteiger partial charge is 0.387 e. The number of nitrogens with one attached hydrogen (secondary N) is 1. The minimum atomic E-state index is -0.953. The molecule has 0 amide bonds. The molecule has 0 saturated heterocycles. The van der Waals surface area contributed by atoms with Crippen molar-refractivity contribution in [3.8, 4) is 0 Å². The fraction of sp³-hybridized carbons (Fsp3) is 0.312. The van der Waals surface area contributed by atoms with Crippen molar-refractivity contribution in [2.24, 2.45) is 0 Å². The minimum absolute atomic E-state index is 0.112. The van der Waals surface area contributed by atoms with Crippen molar-refractivity contribution in [3.63, 3.8) is 0 Å². The Morgan fingerprint density at radius 2 is 1.76 bits per heavy atom. The maximum Gasteiger partial charge on any atom is 0.0915 e. The molecule has 2 aromatic rings. The Labute approximate surface area is 127 Å². The van der Waals surface area contributed by atoms with Crippen molar-refractivity contribution in [2.45, 2.75) is 24.0 Å². The first-order chi connectivity index (χ1) is 10.1. The zero-order valence-electron chi connectivity index (χ0n) is 12.2. The minimum Gasteiger partial charge on any atom is -0.387 e.